The number of aromatic nitrogens is 2. The molecule has 6 aromatic rings. The van der Waals surface area contributed by atoms with Crippen LogP contribution in [0.25, 0.3) is 43.4 Å². The Morgan fingerprint density at radius 1 is 0.565 bits per heavy atom. The number of rotatable bonds is 7. The number of amides is 2. The van der Waals surface area contributed by atoms with E-state index in [0.29, 0.717) is 10.3 Å². The molecule has 0 atom stereocenters. The Morgan fingerprint density at radius 2 is 0.935 bits per heavy atom. The van der Waals surface area contributed by atoms with Crippen LogP contribution in [0.2, 0.25) is 0 Å². The van der Waals surface area contributed by atoms with Crippen LogP contribution in [0.3, 0.4) is 0 Å². The van der Waals surface area contributed by atoms with Gasteiger partial charge in [-0.1, -0.05) is 157 Å². The van der Waals surface area contributed by atoms with Crippen LogP contribution < -0.4 is 10.6 Å². The lowest BCUT2D eigenvalue weighted by atomic mass is 10.1. The molecule has 2 heterocycles. The lowest BCUT2D eigenvalue weighted by Gasteiger charge is -2.07. The summed E-state index contributed by atoms with van der Waals surface area (Å²) in [6.45, 7) is 1.49. The number of thiazole rings is 2. The Hall–Kier alpha value is -4.92. The van der Waals surface area contributed by atoms with Gasteiger partial charge < -0.3 is 10.6 Å². The minimum Gasteiger partial charge on any atom is -0.302 e. The molecule has 1 aliphatic rings. The van der Waals surface area contributed by atoms with Crippen LogP contribution in [0.15, 0.2) is 121 Å². The number of nitrogens with one attached hydrogen (secondary N) is 2. The van der Waals surface area contributed by atoms with E-state index in [-0.39, 0.29) is 17.7 Å². The summed E-state index contributed by atoms with van der Waals surface area (Å²) < 4.78 is 0. The van der Waals surface area contributed by atoms with Crippen molar-refractivity contribution in [1.82, 2.24) is 9.97 Å². The van der Waals surface area contributed by atoms with Gasteiger partial charge in [0.15, 0.2) is 10.3 Å². The van der Waals surface area contributed by atoms with Gasteiger partial charge in [0.1, 0.15) is 0 Å². The van der Waals surface area contributed by atoms with Gasteiger partial charge in [0, 0.05) is 24.0 Å². The lowest BCUT2D eigenvalue weighted by molar-refractivity contribution is -0.119. The fourth-order valence-corrected chi connectivity index (χ4v) is 7.48. The van der Waals surface area contributed by atoms with E-state index in [1.165, 1.54) is 18.3 Å². The summed E-state index contributed by atoms with van der Waals surface area (Å²) in [7, 11) is 0. The maximum atomic E-state index is 12.5. The molecule has 2 amide bonds. The van der Waals surface area contributed by atoms with E-state index in [0.717, 1.165) is 69.1 Å². The Kier molecular flexibility index (Phi) is 10.1. The maximum Gasteiger partial charge on any atom is 0.229 e. The molecular weight excluding hydrogens is 609 g/mol. The van der Waals surface area contributed by atoms with E-state index in [1.807, 2.05) is 84.9 Å². The SMILES string of the molecule is CC(=O)Nc1nc(-c2ccccc2)c(-c2ccccc2)s1.O=C(Nc1nc(-c2ccccc2)c(-c2ccccc2)s1)C1CCCC1. The first-order chi connectivity index (χ1) is 22.5. The topological polar surface area (TPSA) is 84.0 Å². The molecule has 0 spiro atoms. The highest BCUT2D eigenvalue weighted by Crippen LogP contribution is 2.40. The summed E-state index contributed by atoms with van der Waals surface area (Å²) >= 11 is 3.04. The quantitative estimate of drug-likeness (QED) is 0.182. The van der Waals surface area contributed by atoms with Gasteiger partial charge in [0.05, 0.1) is 21.1 Å². The fourth-order valence-electron chi connectivity index (χ4n) is 5.45. The minimum atomic E-state index is -0.108. The zero-order valence-electron chi connectivity index (χ0n) is 25.5. The van der Waals surface area contributed by atoms with Crippen LogP contribution in [0.5, 0.6) is 0 Å². The lowest BCUT2D eigenvalue weighted by Crippen LogP contribution is -2.20. The number of carbonyl (C=O) groups excluding carboxylic acids is 2. The van der Waals surface area contributed by atoms with Gasteiger partial charge in [-0.3, -0.25) is 9.59 Å². The maximum absolute atomic E-state index is 12.5. The summed E-state index contributed by atoms with van der Waals surface area (Å²) in [4.78, 5) is 35.2. The van der Waals surface area contributed by atoms with Crippen LogP contribution in [0.4, 0.5) is 10.3 Å². The minimum absolute atomic E-state index is 0.108. The molecule has 1 aliphatic carbocycles. The zero-order chi connectivity index (χ0) is 31.7. The first kappa shape index (κ1) is 31.1. The van der Waals surface area contributed by atoms with E-state index < -0.39 is 0 Å². The average molecular weight is 643 g/mol. The molecule has 0 unspecified atom stereocenters. The van der Waals surface area contributed by atoms with E-state index in [4.69, 9.17) is 4.98 Å². The number of anilines is 2. The van der Waals surface area contributed by atoms with Crippen LogP contribution in [-0.4, -0.2) is 21.8 Å². The second kappa shape index (κ2) is 14.9. The molecule has 46 heavy (non-hydrogen) atoms. The third-order valence-electron chi connectivity index (χ3n) is 7.66. The van der Waals surface area contributed by atoms with Gasteiger partial charge >= 0.3 is 0 Å². The van der Waals surface area contributed by atoms with Crippen LogP contribution in [-0.2, 0) is 9.59 Å². The standard InChI is InChI=1S/C21H20N2OS.C17H14N2OS/c24-20(17-13-7-8-14-17)23-21-22-18(15-9-3-1-4-10-15)19(25-21)16-11-5-2-6-12-16;1-12(20)18-17-19-15(13-8-4-2-5-9-13)16(21-17)14-10-6-3-7-11-14/h1-6,9-12,17H,7-8,13-14H2,(H,22,23,24);2-11H,1H3,(H,18,19,20). The summed E-state index contributed by atoms with van der Waals surface area (Å²) in [5.74, 6) is 0.151. The zero-order valence-corrected chi connectivity index (χ0v) is 27.1. The monoisotopic (exact) mass is 642 g/mol. The fraction of sp³-hybridized carbons (Fsp3) is 0.158. The molecule has 0 aliphatic heterocycles. The Balaban J connectivity index is 0.000000164. The van der Waals surface area contributed by atoms with Crippen molar-refractivity contribution >= 4 is 44.8 Å². The molecule has 7 rings (SSSR count). The van der Waals surface area contributed by atoms with Crippen molar-refractivity contribution in [3.8, 4) is 43.4 Å². The van der Waals surface area contributed by atoms with Crippen molar-refractivity contribution < 1.29 is 9.59 Å². The van der Waals surface area contributed by atoms with Gasteiger partial charge in [0.25, 0.3) is 0 Å². The van der Waals surface area contributed by atoms with E-state index in [2.05, 4.69) is 52.0 Å². The van der Waals surface area contributed by atoms with Crippen molar-refractivity contribution in [1.29, 1.82) is 0 Å². The van der Waals surface area contributed by atoms with Crippen LogP contribution in [0.1, 0.15) is 32.6 Å². The van der Waals surface area contributed by atoms with Crippen molar-refractivity contribution in [3.63, 3.8) is 0 Å². The summed E-state index contributed by atoms with van der Waals surface area (Å²) in [5, 5.41) is 7.14. The molecule has 6 nitrogen and oxygen atoms in total. The second-order valence-corrected chi connectivity index (χ2v) is 13.0. The Labute approximate surface area is 277 Å². The Morgan fingerprint density at radius 3 is 1.33 bits per heavy atom. The van der Waals surface area contributed by atoms with E-state index >= 15 is 0 Å². The highest BCUT2D eigenvalue weighted by atomic mass is 32.1. The molecular formula is C38H34N4O2S2. The normalized spacial score (nSPS) is 12.6. The third-order valence-corrected chi connectivity index (χ3v) is 9.70. The number of hydrogen-bond donors (Lipinski definition) is 2. The van der Waals surface area contributed by atoms with Gasteiger partial charge in [-0.25, -0.2) is 9.97 Å². The molecule has 0 radical (unpaired) electrons. The van der Waals surface area contributed by atoms with Gasteiger partial charge in [-0.15, -0.1) is 0 Å². The highest BCUT2D eigenvalue weighted by molar-refractivity contribution is 7.20. The van der Waals surface area contributed by atoms with Gasteiger partial charge in [-0.2, -0.15) is 0 Å². The van der Waals surface area contributed by atoms with Crippen LogP contribution in [0, 0.1) is 5.92 Å². The average Bonchev–Trinajstić information content (AvgIpc) is 3.87. The molecule has 0 bridgehead atoms. The highest BCUT2D eigenvalue weighted by Gasteiger charge is 2.24. The first-order valence-electron chi connectivity index (χ1n) is 15.4. The second-order valence-electron chi connectivity index (χ2n) is 11.0. The summed E-state index contributed by atoms with van der Waals surface area (Å²) in [5.41, 5.74) is 6.17. The van der Waals surface area contributed by atoms with Crippen molar-refractivity contribution in [2.24, 2.45) is 5.92 Å². The molecule has 8 heteroatoms. The molecule has 2 N–H and O–H groups in total. The molecule has 1 fully saturated rings. The number of benzene rings is 4. The van der Waals surface area contributed by atoms with Crippen molar-refractivity contribution in [2.45, 2.75) is 32.6 Å². The van der Waals surface area contributed by atoms with E-state index in [9.17, 15) is 9.59 Å². The Bertz CT molecular complexity index is 1770. The van der Waals surface area contributed by atoms with Crippen molar-refractivity contribution in [3.05, 3.63) is 121 Å². The molecule has 2 aromatic heterocycles. The molecule has 0 saturated heterocycles. The van der Waals surface area contributed by atoms with Gasteiger partial charge in [0.2, 0.25) is 11.8 Å². The van der Waals surface area contributed by atoms with Crippen molar-refractivity contribution in [2.75, 3.05) is 10.6 Å². The van der Waals surface area contributed by atoms with Crippen LogP contribution >= 0.6 is 22.7 Å². The predicted molar refractivity (Wildman–Crippen MR) is 191 cm³/mol. The smallest absolute Gasteiger partial charge is 0.229 e. The first-order valence-corrected chi connectivity index (χ1v) is 17.0. The largest absolute Gasteiger partial charge is 0.302 e. The molecule has 230 valence electrons. The van der Waals surface area contributed by atoms with Gasteiger partial charge in [-0.05, 0) is 24.0 Å². The summed E-state index contributed by atoms with van der Waals surface area (Å²) in [6, 6.07) is 40.5. The molecule has 1 saturated carbocycles. The number of hydrogen-bond acceptors (Lipinski definition) is 6. The molecule has 4 aromatic carbocycles. The number of carbonyl (C=O) groups is 2. The summed E-state index contributed by atoms with van der Waals surface area (Å²) in [6.07, 6.45) is 4.30. The number of nitrogens with zero attached hydrogens (tertiary/aromatic N) is 2. The predicted octanol–water partition coefficient (Wildman–Crippen LogP) is 10.0. The third kappa shape index (κ3) is 7.65. The van der Waals surface area contributed by atoms with E-state index in [1.54, 1.807) is 11.3 Å².